The summed E-state index contributed by atoms with van der Waals surface area (Å²) in [5.41, 5.74) is 0.505. The summed E-state index contributed by atoms with van der Waals surface area (Å²) < 4.78 is 42.3. The van der Waals surface area contributed by atoms with E-state index in [0.29, 0.717) is 17.2 Å². The van der Waals surface area contributed by atoms with E-state index in [9.17, 15) is 18.0 Å². The number of carbonyl (C=O) groups excluding carboxylic acids is 2. The standard InChI is InChI=1S/C25H33N3O7S/c1-17(24(30)26-25(2,3)4)27(14-18-7-10-20(33-5)11-8-18)23(29)15-28(36(6,31)32)19-9-12-21-22(13-19)35-16-34-21/h7-13,17H,14-16H2,1-6H3,(H,26,30). The Hall–Kier alpha value is -3.47. The van der Waals surface area contributed by atoms with Crippen molar-refractivity contribution in [3.8, 4) is 17.2 Å². The van der Waals surface area contributed by atoms with Gasteiger partial charge in [0.05, 0.1) is 19.1 Å². The van der Waals surface area contributed by atoms with Crippen LogP contribution in [0.3, 0.4) is 0 Å². The molecule has 0 fully saturated rings. The first kappa shape index (κ1) is 27.1. The third-order valence-corrected chi connectivity index (χ3v) is 6.64. The number of amides is 2. The van der Waals surface area contributed by atoms with Crippen LogP contribution in [0, 0.1) is 0 Å². The van der Waals surface area contributed by atoms with Gasteiger partial charge in [0.25, 0.3) is 0 Å². The monoisotopic (exact) mass is 519 g/mol. The van der Waals surface area contributed by atoms with E-state index < -0.39 is 34.1 Å². The highest BCUT2D eigenvalue weighted by molar-refractivity contribution is 7.92. The van der Waals surface area contributed by atoms with E-state index in [0.717, 1.165) is 16.1 Å². The summed E-state index contributed by atoms with van der Waals surface area (Å²) in [4.78, 5) is 28.0. The second-order valence-electron chi connectivity index (χ2n) is 9.59. The van der Waals surface area contributed by atoms with Gasteiger partial charge in [-0.15, -0.1) is 0 Å². The Bertz CT molecular complexity index is 1210. The molecule has 1 heterocycles. The number of hydrogen-bond acceptors (Lipinski definition) is 7. The van der Waals surface area contributed by atoms with Crippen molar-refractivity contribution in [1.29, 1.82) is 0 Å². The Labute approximate surface area is 212 Å². The van der Waals surface area contributed by atoms with Crippen molar-refractivity contribution in [3.63, 3.8) is 0 Å². The molecule has 1 aliphatic heterocycles. The fourth-order valence-corrected chi connectivity index (χ4v) is 4.48. The Kier molecular flexibility index (Phi) is 8.02. The zero-order valence-corrected chi connectivity index (χ0v) is 22.2. The van der Waals surface area contributed by atoms with Gasteiger partial charge >= 0.3 is 0 Å². The number of benzene rings is 2. The van der Waals surface area contributed by atoms with E-state index in [-0.39, 0.29) is 24.9 Å². The first-order valence-corrected chi connectivity index (χ1v) is 13.2. The minimum absolute atomic E-state index is 0.0344. The van der Waals surface area contributed by atoms with E-state index in [1.807, 2.05) is 20.8 Å². The smallest absolute Gasteiger partial charge is 0.244 e. The normalized spacial score (nSPS) is 13.6. The molecule has 10 nitrogen and oxygen atoms in total. The number of sulfonamides is 1. The molecule has 1 atom stereocenters. The molecule has 0 spiro atoms. The summed E-state index contributed by atoms with van der Waals surface area (Å²) in [7, 11) is -2.29. The highest BCUT2D eigenvalue weighted by Crippen LogP contribution is 2.36. The van der Waals surface area contributed by atoms with Crippen LogP contribution in [-0.2, 0) is 26.2 Å². The van der Waals surface area contributed by atoms with Crippen LogP contribution < -0.4 is 23.8 Å². The summed E-state index contributed by atoms with van der Waals surface area (Å²) in [6.07, 6.45) is 1.02. The molecule has 0 bridgehead atoms. The molecule has 0 saturated carbocycles. The summed E-state index contributed by atoms with van der Waals surface area (Å²) >= 11 is 0. The van der Waals surface area contributed by atoms with Crippen molar-refractivity contribution in [1.82, 2.24) is 10.2 Å². The van der Waals surface area contributed by atoms with Crippen LogP contribution in [-0.4, -0.2) is 63.4 Å². The lowest BCUT2D eigenvalue weighted by atomic mass is 10.1. The Morgan fingerprint density at radius 1 is 1.08 bits per heavy atom. The Morgan fingerprint density at radius 2 is 1.72 bits per heavy atom. The first-order chi connectivity index (χ1) is 16.8. The van der Waals surface area contributed by atoms with Crippen LogP contribution in [0.25, 0.3) is 0 Å². The van der Waals surface area contributed by atoms with Gasteiger partial charge in [-0.1, -0.05) is 12.1 Å². The number of rotatable bonds is 9. The van der Waals surface area contributed by atoms with E-state index in [4.69, 9.17) is 14.2 Å². The SMILES string of the molecule is COc1ccc(CN(C(=O)CN(c2ccc3c(c2)OCO3)S(C)(=O)=O)C(C)C(=O)NC(C)(C)C)cc1. The number of nitrogens with one attached hydrogen (secondary N) is 1. The number of nitrogens with zero attached hydrogens (tertiary/aromatic N) is 2. The number of anilines is 1. The van der Waals surface area contributed by atoms with Crippen LogP contribution in [0.4, 0.5) is 5.69 Å². The Morgan fingerprint density at radius 3 is 2.31 bits per heavy atom. The average molecular weight is 520 g/mol. The summed E-state index contributed by atoms with van der Waals surface area (Å²) in [6.45, 7) is 6.79. The molecular formula is C25H33N3O7S. The number of methoxy groups -OCH3 is 1. The predicted octanol–water partition coefficient (Wildman–Crippen LogP) is 2.52. The van der Waals surface area contributed by atoms with Crippen LogP contribution in [0.15, 0.2) is 42.5 Å². The highest BCUT2D eigenvalue weighted by atomic mass is 32.2. The lowest BCUT2D eigenvalue weighted by Gasteiger charge is -2.33. The van der Waals surface area contributed by atoms with Crippen molar-refractivity contribution in [3.05, 3.63) is 48.0 Å². The fraction of sp³-hybridized carbons (Fsp3) is 0.440. The summed E-state index contributed by atoms with van der Waals surface area (Å²) in [6, 6.07) is 10.9. The number of carbonyl (C=O) groups is 2. The van der Waals surface area contributed by atoms with Gasteiger partial charge in [0, 0.05) is 18.2 Å². The third kappa shape index (κ3) is 6.81. The lowest BCUT2D eigenvalue weighted by Crippen LogP contribution is -2.54. The average Bonchev–Trinajstić information content (AvgIpc) is 3.26. The van der Waals surface area contributed by atoms with Crippen molar-refractivity contribution in [2.75, 3.05) is 31.0 Å². The van der Waals surface area contributed by atoms with E-state index in [1.54, 1.807) is 50.4 Å². The van der Waals surface area contributed by atoms with Gasteiger partial charge in [-0.3, -0.25) is 13.9 Å². The van der Waals surface area contributed by atoms with Gasteiger partial charge in [-0.25, -0.2) is 8.42 Å². The maximum atomic E-state index is 13.6. The van der Waals surface area contributed by atoms with Crippen LogP contribution in [0.1, 0.15) is 33.3 Å². The van der Waals surface area contributed by atoms with Gasteiger partial charge in [0.2, 0.25) is 28.6 Å². The maximum absolute atomic E-state index is 13.6. The van der Waals surface area contributed by atoms with Gasteiger partial charge < -0.3 is 24.4 Å². The molecule has 0 radical (unpaired) electrons. The molecule has 0 aromatic heterocycles. The van der Waals surface area contributed by atoms with Crippen LogP contribution in [0.5, 0.6) is 17.2 Å². The molecule has 0 saturated heterocycles. The fourth-order valence-electron chi connectivity index (χ4n) is 3.64. The molecular weight excluding hydrogens is 486 g/mol. The quantitative estimate of drug-likeness (QED) is 0.541. The van der Waals surface area contributed by atoms with Gasteiger partial charge in [-0.2, -0.15) is 0 Å². The maximum Gasteiger partial charge on any atom is 0.244 e. The van der Waals surface area contributed by atoms with Crippen molar-refractivity contribution >= 4 is 27.5 Å². The number of hydrogen-bond donors (Lipinski definition) is 1. The minimum Gasteiger partial charge on any atom is -0.497 e. The van der Waals surface area contributed by atoms with Gasteiger partial charge in [0.15, 0.2) is 11.5 Å². The largest absolute Gasteiger partial charge is 0.497 e. The molecule has 0 aliphatic carbocycles. The van der Waals surface area contributed by atoms with Gasteiger partial charge in [0.1, 0.15) is 18.3 Å². The number of ether oxygens (including phenoxy) is 3. The Balaban J connectivity index is 1.91. The zero-order valence-electron chi connectivity index (χ0n) is 21.4. The molecule has 11 heteroatoms. The molecule has 2 aromatic carbocycles. The third-order valence-electron chi connectivity index (χ3n) is 5.50. The lowest BCUT2D eigenvalue weighted by molar-refractivity contribution is -0.140. The number of fused-ring (bicyclic) bond motifs is 1. The highest BCUT2D eigenvalue weighted by Gasteiger charge is 2.32. The summed E-state index contributed by atoms with van der Waals surface area (Å²) in [5.74, 6) is 0.652. The molecule has 36 heavy (non-hydrogen) atoms. The predicted molar refractivity (Wildman–Crippen MR) is 136 cm³/mol. The molecule has 2 amide bonds. The molecule has 2 aromatic rings. The van der Waals surface area contributed by atoms with Crippen molar-refractivity contribution < 1.29 is 32.2 Å². The first-order valence-electron chi connectivity index (χ1n) is 11.4. The molecule has 1 unspecified atom stereocenters. The second kappa shape index (κ2) is 10.7. The van der Waals surface area contributed by atoms with E-state index >= 15 is 0 Å². The molecule has 3 rings (SSSR count). The molecule has 1 aliphatic rings. The van der Waals surface area contributed by atoms with Gasteiger partial charge in [-0.05, 0) is 57.5 Å². The second-order valence-corrected chi connectivity index (χ2v) is 11.5. The summed E-state index contributed by atoms with van der Waals surface area (Å²) in [5, 5.41) is 2.89. The molecule has 1 N–H and O–H groups in total. The zero-order chi connectivity index (χ0) is 26.7. The van der Waals surface area contributed by atoms with E-state index in [2.05, 4.69) is 5.32 Å². The van der Waals surface area contributed by atoms with E-state index in [1.165, 1.54) is 11.0 Å². The van der Waals surface area contributed by atoms with Crippen molar-refractivity contribution in [2.24, 2.45) is 0 Å². The molecule has 196 valence electrons. The van der Waals surface area contributed by atoms with Crippen LogP contribution >= 0.6 is 0 Å². The topological polar surface area (TPSA) is 114 Å². The van der Waals surface area contributed by atoms with Crippen molar-refractivity contribution in [2.45, 2.75) is 45.8 Å². The minimum atomic E-state index is -3.85. The van der Waals surface area contributed by atoms with Crippen LogP contribution in [0.2, 0.25) is 0 Å².